The minimum Gasteiger partial charge on any atom is -0.318 e. The number of benzene rings is 1. The molecule has 8 heteroatoms. The number of hydrogen-bond donors (Lipinski definition) is 3. The van der Waals surface area contributed by atoms with E-state index in [4.69, 9.17) is 5.84 Å². The van der Waals surface area contributed by atoms with Crippen LogP contribution >= 0.6 is 0 Å². The summed E-state index contributed by atoms with van der Waals surface area (Å²) in [5.41, 5.74) is 2.51. The second-order valence-electron chi connectivity index (χ2n) is 4.22. The lowest BCUT2D eigenvalue weighted by atomic mass is 10.1. The van der Waals surface area contributed by atoms with Crippen LogP contribution in [0.2, 0.25) is 0 Å². The Hall–Kier alpha value is -3.00. The molecule has 4 N–H and O–H groups in total. The summed E-state index contributed by atoms with van der Waals surface area (Å²) >= 11 is 0. The zero-order valence-electron chi connectivity index (χ0n) is 11.2. The van der Waals surface area contributed by atoms with Gasteiger partial charge in [0.25, 0.3) is 5.91 Å². The first-order chi connectivity index (χ1) is 10.0. The summed E-state index contributed by atoms with van der Waals surface area (Å²) in [5.74, 6) is 4.92. The number of para-hydroxylation sites is 1. The highest BCUT2D eigenvalue weighted by molar-refractivity contribution is 6.08. The topological polar surface area (TPSA) is 123 Å². The van der Waals surface area contributed by atoms with Gasteiger partial charge in [-0.05, 0) is 31.2 Å². The molecule has 0 spiro atoms. The molecule has 1 amide bonds. The predicted octanol–water partition coefficient (Wildman–Crippen LogP) is 1.84. The summed E-state index contributed by atoms with van der Waals surface area (Å²) in [7, 11) is 0. The quantitative estimate of drug-likeness (QED) is 0.448. The minimum atomic E-state index is -0.659. The van der Waals surface area contributed by atoms with Crippen LogP contribution in [0.25, 0.3) is 0 Å². The number of anilines is 2. The summed E-state index contributed by atoms with van der Waals surface area (Å²) in [5, 5.41) is 13.6. The number of nitro benzene ring substituents is 1. The maximum atomic E-state index is 12.2. The van der Waals surface area contributed by atoms with E-state index in [1.54, 1.807) is 25.1 Å². The average molecular weight is 287 g/mol. The number of amides is 1. The highest BCUT2D eigenvalue weighted by Gasteiger charge is 2.24. The number of nitrogens with zero attached hydrogens (tertiary/aromatic N) is 2. The Morgan fingerprint density at radius 2 is 2.00 bits per heavy atom. The molecular formula is C13H13N5O3. The maximum absolute atomic E-state index is 12.2. The molecular weight excluding hydrogens is 274 g/mol. The van der Waals surface area contributed by atoms with E-state index in [-0.39, 0.29) is 16.9 Å². The molecule has 1 heterocycles. The van der Waals surface area contributed by atoms with Crippen molar-refractivity contribution >= 4 is 23.1 Å². The number of nitro groups is 1. The minimum absolute atomic E-state index is 0.0600. The zero-order chi connectivity index (χ0) is 15.4. The molecule has 108 valence electrons. The molecule has 8 nitrogen and oxygen atoms in total. The maximum Gasteiger partial charge on any atom is 0.306 e. The van der Waals surface area contributed by atoms with Crippen molar-refractivity contribution in [3.8, 4) is 0 Å². The SMILES string of the molecule is Cc1cccc(NC(=O)c2cccc(NN)c2[N+](=O)[O-])n1. The number of nitrogens with one attached hydrogen (secondary N) is 2. The van der Waals surface area contributed by atoms with Crippen molar-refractivity contribution in [3.05, 3.63) is 57.8 Å². The second kappa shape index (κ2) is 5.97. The van der Waals surface area contributed by atoms with Gasteiger partial charge in [0.1, 0.15) is 17.1 Å². The number of nitrogen functional groups attached to an aromatic ring is 1. The first kappa shape index (κ1) is 14.4. The van der Waals surface area contributed by atoms with Crippen LogP contribution in [0, 0.1) is 17.0 Å². The summed E-state index contributed by atoms with van der Waals surface area (Å²) in [6.45, 7) is 1.77. The molecule has 0 fully saturated rings. The average Bonchev–Trinajstić information content (AvgIpc) is 2.46. The van der Waals surface area contributed by atoms with Crippen LogP contribution in [-0.2, 0) is 0 Å². The summed E-state index contributed by atoms with van der Waals surface area (Å²) in [6, 6.07) is 9.37. The van der Waals surface area contributed by atoms with E-state index >= 15 is 0 Å². The van der Waals surface area contributed by atoms with Crippen LogP contribution in [0.4, 0.5) is 17.2 Å². The van der Waals surface area contributed by atoms with Gasteiger partial charge in [-0.15, -0.1) is 0 Å². The lowest BCUT2D eigenvalue weighted by molar-refractivity contribution is -0.384. The fourth-order valence-corrected chi connectivity index (χ4v) is 1.84. The van der Waals surface area contributed by atoms with Crippen molar-refractivity contribution < 1.29 is 9.72 Å². The Kier molecular flexibility index (Phi) is 4.10. The molecule has 2 aromatic rings. The third kappa shape index (κ3) is 3.12. The molecule has 0 radical (unpaired) electrons. The Balaban J connectivity index is 2.37. The van der Waals surface area contributed by atoms with Crippen LogP contribution in [0.1, 0.15) is 16.1 Å². The molecule has 0 atom stereocenters. The molecule has 0 saturated carbocycles. The number of pyridine rings is 1. The summed E-state index contributed by atoms with van der Waals surface area (Å²) < 4.78 is 0. The fourth-order valence-electron chi connectivity index (χ4n) is 1.84. The molecule has 0 aliphatic rings. The molecule has 0 aliphatic heterocycles. The van der Waals surface area contributed by atoms with E-state index in [9.17, 15) is 14.9 Å². The van der Waals surface area contributed by atoms with Crippen molar-refractivity contribution in [2.75, 3.05) is 10.7 Å². The predicted molar refractivity (Wildman–Crippen MR) is 77.8 cm³/mol. The van der Waals surface area contributed by atoms with E-state index in [2.05, 4.69) is 15.7 Å². The van der Waals surface area contributed by atoms with Crippen molar-refractivity contribution in [2.45, 2.75) is 6.92 Å². The van der Waals surface area contributed by atoms with E-state index in [1.807, 2.05) is 0 Å². The van der Waals surface area contributed by atoms with Gasteiger partial charge < -0.3 is 10.7 Å². The largest absolute Gasteiger partial charge is 0.318 e. The van der Waals surface area contributed by atoms with Gasteiger partial charge in [-0.1, -0.05) is 12.1 Å². The van der Waals surface area contributed by atoms with Gasteiger partial charge in [0.2, 0.25) is 0 Å². The molecule has 0 bridgehead atoms. The van der Waals surface area contributed by atoms with Crippen molar-refractivity contribution in [1.82, 2.24) is 4.98 Å². The highest BCUT2D eigenvalue weighted by Crippen LogP contribution is 2.28. The van der Waals surface area contributed by atoms with Crippen LogP contribution in [0.5, 0.6) is 0 Å². The Morgan fingerprint density at radius 3 is 2.62 bits per heavy atom. The third-order valence-electron chi connectivity index (χ3n) is 2.75. The lowest BCUT2D eigenvalue weighted by Gasteiger charge is -2.08. The molecule has 0 aliphatic carbocycles. The first-order valence-electron chi connectivity index (χ1n) is 6.02. The number of aromatic nitrogens is 1. The van der Waals surface area contributed by atoms with Crippen LogP contribution in [-0.4, -0.2) is 15.8 Å². The van der Waals surface area contributed by atoms with Gasteiger partial charge in [-0.25, -0.2) is 4.98 Å². The van der Waals surface area contributed by atoms with Crippen molar-refractivity contribution in [1.29, 1.82) is 0 Å². The fraction of sp³-hybridized carbons (Fsp3) is 0.0769. The molecule has 0 saturated heterocycles. The van der Waals surface area contributed by atoms with Crippen LogP contribution in [0.3, 0.4) is 0 Å². The normalized spacial score (nSPS) is 10.0. The van der Waals surface area contributed by atoms with Gasteiger partial charge in [0.15, 0.2) is 0 Å². The van der Waals surface area contributed by atoms with Gasteiger partial charge in [0.05, 0.1) is 4.92 Å². The van der Waals surface area contributed by atoms with Gasteiger partial charge in [-0.2, -0.15) is 0 Å². The Labute approximate surface area is 120 Å². The molecule has 1 aromatic carbocycles. The first-order valence-corrected chi connectivity index (χ1v) is 6.02. The smallest absolute Gasteiger partial charge is 0.306 e. The standard InChI is InChI=1S/C13H13N5O3/c1-8-4-2-7-11(15-8)16-13(19)9-5-3-6-10(17-14)12(9)18(20)21/h2-7,17H,14H2,1H3,(H,15,16,19). The number of carbonyl (C=O) groups is 1. The van der Waals surface area contributed by atoms with E-state index in [1.165, 1.54) is 18.2 Å². The lowest BCUT2D eigenvalue weighted by Crippen LogP contribution is -2.17. The molecule has 21 heavy (non-hydrogen) atoms. The number of aryl methyl sites for hydroxylation is 1. The van der Waals surface area contributed by atoms with E-state index < -0.39 is 10.8 Å². The second-order valence-corrected chi connectivity index (χ2v) is 4.22. The Bertz CT molecular complexity index is 702. The number of nitrogens with two attached hydrogens (primary N) is 1. The van der Waals surface area contributed by atoms with E-state index in [0.29, 0.717) is 5.82 Å². The third-order valence-corrected chi connectivity index (χ3v) is 2.75. The molecule has 2 rings (SSSR count). The van der Waals surface area contributed by atoms with E-state index in [0.717, 1.165) is 5.69 Å². The van der Waals surface area contributed by atoms with Gasteiger partial charge in [-0.3, -0.25) is 20.8 Å². The van der Waals surface area contributed by atoms with Crippen LogP contribution < -0.4 is 16.6 Å². The molecule has 1 aromatic heterocycles. The highest BCUT2D eigenvalue weighted by atomic mass is 16.6. The number of hydrogen-bond acceptors (Lipinski definition) is 6. The zero-order valence-corrected chi connectivity index (χ0v) is 11.2. The van der Waals surface area contributed by atoms with Crippen LogP contribution in [0.15, 0.2) is 36.4 Å². The Morgan fingerprint density at radius 1 is 1.29 bits per heavy atom. The van der Waals surface area contributed by atoms with Crippen molar-refractivity contribution in [3.63, 3.8) is 0 Å². The summed E-state index contributed by atoms with van der Waals surface area (Å²) in [4.78, 5) is 26.8. The molecule has 0 unspecified atom stereocenters. The summed E-state index contributed by atoms with van der Waals surface area (Å²) in [6.07, 6.45) is 0. The van der Waals surface area contributed by atoms with Crippen molar-refractivity contribution in [2.24, 2.45) is 5.84 Å². The number of hydrazine groups is 1. The number of carbonyl (C=O) groups excluding carboxylic acids is 1. The van der Waals surface area contributed by atoms with Gasteiger partial charge in [0, 0.05) is 5.69 Å². The van der Waals surface area contributed by atoms with Gasteiger partial charge >= 0.3 is 5.69 Å². The monoisotopic (exact) mass is 287 g/mol. The number of rotatable bonds is 4.